The van der Waals surface area contributed by atoms with Crippen molar-refractivity contribution in [1.82, 2.24) is 10.2 Å². The first-order chi connectivity index (χ1) is 7.36. The number of nitrogens with zero attached hydrogens (tertiary/aromatic N) is 1. The molecule has 0 spiro atoms. The van der Waals surface area contributed by atoms with E-state index in [4.69, 9.17) is 5.11 Å². The Morgan fingerprint density at radius 1 is 1.40 bits per heavy atom. The van der Waals surface area contributed by atoms with Crippen molar-refractivity contribution in [1.29, 1.82) is 0 Å². The number of hydrogen-bond acceptors (Lipinski definition) is 3. The lowest BCUT2D eigenvalue weighted by Gasteiger charge is -2.33. The number of piperidine rings is 1. The van der Waals surface area contributed by atoms with E-state index in [1.165, 1.54) is 45.3 Å². The average Bonchev–Trinajstić information content (AvgIpc) is 2.27. The summed E-state index contributed by atoms with van der Waals surface area (Å²) in [5.41, 5.74) is 0. The second-order valence-corrected chi connectivity index (χ2v) is 4.52. The van der Waals surface area contributed by atoms with Crippen molar-refractivity contribution in [2.45, 2.75) is 45.1 Å². The summed E-state index contributed by atoms with van der Waals surface area (Å²) in [6.07, 6.45) is 6.11. The molecular weight excluding hydrogens is 188 g/mol. The molecule has 2 N–H and O–H groups in total. The summed E-state index contributed by atoms with van der Waals surface area (Å²) in [7, 11) is 0. The maximum atomic E-state index is 8.71. The van der Waals surface area contributed by atoms with Crippen LogP contribution in [0.2, 0.25) is 0 Å². The summed E-state index contributed by atoms with van der Waals surface area (Å²) < 4.78 is 0. The topological polar surface area (TPSA) is 35.5 Å². The first-order valence-electron chi connectivity index (χ1n) is 6.43. The van der Waals surface area contributed by atoms with Crippen LogP contribution in [0, 0.1) is 0 Å². The van der Waals surface area contributed by atoms with E-state index in [9.17, 15) is 0 Å². The van der Waals surface area contributed by atoms with Gasteiger partial charge in [-0.25, -0.2) is 0 Å². The van der Waals surface area contributed by atoms with Gasteiger partial charge < -0.3 is 15.3 Å². The second-order valence-electron chi connectivity index (χ2n) is 4.52. The number of hydrogen-bond donors (Lipinski definition) is 2. The van der Waals surface area contributed by atoms with Gasteiger partial charge in [0.05, 0.1) is 0 Å². The lowest BCUT2D eigenvalue weighted by atomic mass is 10.1. The molecule has 0 bridgehead atoms. The minimum absolute atomic E-state index is 0.305. The highest BCUT2D eigenvalue weighted by Gasteiger charge is 2.18. The van der Waals surface area contributed by atoms with Crippen LogP contribution in [-0.2, 0) is 0 Å². The standard InChI is InChI=1S/C12H26N2O/c1-2-3-8-14-9-4-6-12(11-14)13-7-5-10-15/h12-13,15H,2-11H2,1H3. The summed E-state index contributed by atoms with van der Waals surface area (Å²) in [6.45, 7) is 7.25. The molecule has 1 fully saturated rings. The van der Waals surface area contributed by atoms with Crippen LogP contribution in [0.1, 0.15) is 39.0 Å². The van der Waals surface area contributed by atoms with Crippen molar-refractivity contribution in [3.63, 3.8) is 0 Å². The second kappa shape index (κ2) is 8.08. The van der Waals surface area contributed by atoms with E-state index in [0.29, 0.717) is 12.6 Å². The Morgan fingerprint density at radius 2 is 2.27 bits per heavy atom. The van der Waals surface area contributed by atoms with Crippen LogP contribution in [0.15, 0.2) is 0 Å². The summed E-state index contributed by atoms with van der Waals surface area (Å²) in [5, 5.41) is 12.2. The van der Waals surface area contributed by atoms with Gasteiger partial charge in [-0.15, -0.1) is 0 Å². The highest BCUT2D eigenvalue weighted by Crippen LogP contribution is 2.10. The molecule has 15 heavy (non-hydrogen) atoms. The largest absolute Gasteiger partial charge is 0.396 e. The van der Waals surface area contributed by atoms with Crippen LogP contribution < -0.4 is 5.32 Å². The number of rotatable bonds is 7. The van der Waals surface area contributed by atoms with E-state index in [1.54, 1.807) is 0 Å². The van der Waals surface area contributed by atoms with Crippen molar-refractivity contribution >= 4 is 0 Å². The van der Waals surface area contributed by atoms with E-state index >= 15 is 0 Å². The van der Waals surface area contributed by atoms with Crippen LogP contribution in [0.3, 0.4) is 0 Å². The van der Waals surface area contributed by atoms with Gasteiger partial charge >= 0.3 is 0 Å². The SMILES string of the molecule is CCCCN1CCCC(NCCCO)C1. The predicted molar refractivity (Wildman–Crippen MR) is 64.1 cm³/mol. The van der Waals surface area contributed by atoms with Gasteiger partial charge in [0.2, 0.25) is 0 Å². The van der Waals surface area contributed by atoms with Crippen molar-refractivity contribution in [2.75, 3.05) is 32.8 Å². The number of aliphatic hydroxyl groups is 1. The van der Waals surface area contributed by atoms with Crippen LogP contribution in [-0.4, -0.2) is 48.8 Å². The lowest BCUT2D eigenvalue weighted by Crippen LogP contribution is -2.46. The van der Waals surface area contributed by atoms with Gasteiger partial charge in [0.15, 0.2) is 0 Å². The molecule has 0 aromatic rings. The summed E-state index contributed by atoms with van der Waals surface area (Å²) in [4.78, 5) is 2.57. The van der Waals surface area contributed by atoms with Crippen molar-refractivity contribution in [2.24, 2.45) is 0 Å². The molecule has 1 aliphatic heterocycles. The Hall–Kier alpha value is -0.120. The van der Waals surface area contributed by atoms with Crippen LogP contribution >= 0.6 is 0 Å². The third kappa shape index (κ3) is 5.50. The van der Waals surface area contributed by atoms with Gasteiger partial charge in [-0.05, 0) is 45.3 Å². The van der Waals surface area contributed by atoms with Gasteiger partial charge in [-0.1, -0.05) is 13.3 Å². The third-order valence-electron chi connectivity index (χ3n) is 3.10. The molecular formula is C12H26N2O. The zero-order chi connectivity index (χ0) is 10.9. The zero-order valence-electron chi connectivity index (χ0n) is 10.0. The van der Waals surface area contributed by atoms with Gasteiger partial charge in [0, 0.05) is 19.2 Å². The van der Waals surface area contributed by atoms with Crippen molar-refractivity contribution in [3.8, 4) is 0 Å². The summed E-state index contributed by atoms with van der Waals surface area (Å²) in [6, 6.07) is 0.655. The lowest BCUT2D eigenvalue weighted by molar-refractivity contribution is 0.185. The van der Waals surface area contributed by atoms with E-state index < -0.39 is 0 Å². The number of nitrogens with one attached hydrogen (secondary N) is 1. The Balaban J connectivity index is 2.11. The molecule has 1 rings (SSSR count). The van der Waals surface area contributed by atoms with Gasteiger partial charge in [-0.3, -0.25) is 0 Å². The average molecular weight is 214 g/mol. The Kier molecular flexibility index (Phi) is 6.98. The number of likely N-dealkylation sites (tertiary alicyclic amines) is 1. The molecule has 1 saturated heterocycles. The van der Waals surface area contributed by atoms with E-state index in [-0.39, 0.29) is 0 Å². The first-order valence-corrected chi connectivity index (χ1v) is 6.43. The van der Waals surface area contributed by atoms with Gasteiger partial charge in [0.25, 0.3) is 0 Å². The fourth-order valence-corrected chi connectivity index (χ4v) is 2.19. The third-order valence-corrected chi connectivity index (χ3v) is 3.10. The first kappa shape index (κ1) is 12.9. The summed E-state index contributed by atoms with van der Waals surface area (Å²) in [5.74, 6) is 0. The molecule has 1 aliphatic rings. The highest BCUT2D eigenvalue weighted by atomic mass is 16.3. The molecule has 0 saturated carbocycles. The van der Waals surface area contributed by atoms with Crippen LogP contribution in [0.5, 0.6) is 0 Å². The summed E-state index contributed by atoms with van der Waals surface area (Å²) >= 11 is 0. The fourth-order valence-electron chi connectivity index (χ4n) is 2.19. The molecule has 0 aliphatic carbocycles. The molecule has 0 aromatic carbocycles. The maximum absolute atomic E-state index is 8.71. The number of unbranched alkanes of at least 4 members (excludes halogenated alkanes) is 1. The smallest absolute Gasteiger partial charge is 0.0443 e. The molecule has 0 amide bonds. The molecule has 3 nitrogen and oxygen atoms in total. The predicted octanol–water partition coefficient (Wildman–Crippen LogP) is 1.22. The monoisotopic (exact) mass is 214 g/mol. The quantitative estimate of drug-likeness (QED) is 0.626. The number of aliphatic hydroxyl groups excluding tert-OH is 1. The molecule has 90 valence electrons. The van der Waals surface area contributed by atoms with E-state index in [1.807, 2.05) is 0 Å². The zero-order valence-corrected chi connectivity index (χ0v) is 10.0. The molecule has 1 unspecified atom stereocenters. The minimum atomic E-state index is 0.305. The maximum Gasteiger partial charge on any atom is 0.0443 e. The minimum Gasteiger partial charge on any atom is -0.396 e. The molecule has 0 radical (unpaired) electrons. The normalized spacial score (nSPS) is 23.2. The van der Waals surface area contributed by atoms with Crippen molar-refractivity contribution in [3.05, 3.63) is 0 Å². The van der Waals surface area contributed by atoms with E-state index in [2.05, 4.69) is 17.1 Å². The Bertz CT molecular complexity index is 153. The molecule has 1 heterocycles. The van der Waals surface area contributed by atoms with Crippen LogP contribution in [0.25, 0.3) is 0 Å². The van der Waals surface area contributed by atoms with Crippen LogP contribution in [0.4, 0.5) is 0 Å². The molecule has 3 heteroatoms. The Morgan fingerprint density at radius 3 is 3.00 bits per heavy atom. The molecule has 0 aromatic heterocycles. The van der Waals surface area contributed by atoms with Gasteiger partial charge in [-0.2, -0.15) is 0 Å². The highest BCUT2D eigenvalue weighted by molar-refractivity contribution is 4.77. The molecule has 1 atom stereocenters. The van der Waals surface area contributed by atoms with E-state index in [0.717, 1.165) is 13.0 Å². The van der Waals surface area contributed by atoms with Gasteiger partial charge in [0.1, 0.15) is 0 Å². The fraction of sp³-hybridized carbons (Fsp3) is 1.00. The van der Waals surface area contributed by atoms with Crippen molar-refractivity contribution < 1.29 is 5.11 Å². The Labute approximate surface area is 93.9 Å².